The Labute approximate surface area is 154 Å². The van der Waals surface area contributed by atoms with Gasteiger partial charge in [0, 0.05) is 38.9 Å². The normalized spacial score (nSPS) is 16.9. The molecule has 2 rings (SSSR count). The second-order valence-corrected chi connectivity index (χ2v) is 5.88. The van der Waals surface area contributed by atoms with Crippen molar-refractivity contribution in [1.82, 2.24) is 20.0 Å². The monoisotopic (exact) mass is 447 g/mol. The number of aliphatic hydroxyl groups excluding tert-OH is 1. The second-order valence-electron chi connectivity index (χ2n) is 5.26. The average Bonchev–Trinajstić information content (AvgIpc) is 2.99. The van der Waals surface area contributed by atoms with Gasteiger partial charge >= 0.3 is 6.03 Å². The van der Waals surface area contributed by atoms with Crippen molar-refractivity contribution in [3.05, 3.63) is 33.6 Å². The van der Waals surface area contributed by atoms with Gasteiger partial charge in [0.25, 0.3) is 0 Å². The fourth-order valence-corrected chi connectivity index (χ4v) is 2.93. The maximum atomic E-state index is 11.4. The molecule has 1 unspecified atom stereocenters. The lowest BCUT2D eigenvalue weighted by Crippen LogP contribution is -2.41. The molecule has 0 aliphatic carbocycles. The Morgan fingerprint density at radius 3 is 3.04 bits per heavy atom. The van der Waals surface area contributed by atoms with Gasteiger partial charge in [-0.2, -0.15) is 5.10 Å². The molecule has 1 atom stereocenters. The van der Waals surface area contributed by atoms with E-state index in [1.54, 1.807) is 14.2 Å². The van der Waals surface area contributed by atoms with E-state index in [0.717, 1.165) is 11.3 Å². The third kappa shape index (κ3) is 4.79. The fourth-order valence-electron chi connectivity index (χ4n) is 2.41. The maximum Gasteiger partial charge on any atom is 0.320 e. The van der Waals surface area contributed by atoms with Crippen LogP contribution in [0.1, 0.15) is 5.69 Å². The number of amides is 2. The molecule has 24 heavy (non-hydrogen) atoms. The van der Waals surface area contributed by atoms with Crippen LogP contribution in [0.25, 0.3) is 0 Å². The molecule has 3 N–H and O–H groups in total. The number of methoxy groups -OCH3 is 1. The van der Waals surface area contributed by atoms with E-state index in [4.69, 9.17) is 4.74 Å². The van der Waals surface area contributed by atoms with Crippen molar-refractivity contribution in [1.29, 1.82) is 0 Å². The molecule has 0 saturated carbocycles. The predicted molar refractivity (Wildman–Crippen MR) is 99.8 cm³/mol. The van der Waals surface area contributed by atoms with Crippen LogP contribution in [-0.2, 0) is 17.8 Å². The van der Waals surface area contributed by atoms with E-state index in [-0.39, 0.29) is 6.03 Å². The molecule has 132 valence electrons. The Morgan fingerprint density at radius 1 is 1.58 bits per heavy atom. The first-order chi connectivity index (χ1) is 11.6. The summed E-state index contributed by atoms with van der Waals surface area (Å²) in [5, 5.41) is 20.1. The van der Waals surface area contributed by atoms with Gasteiger partial charge in [0.15, 0.2) is 5.82 Å². The molecule has 0 saturated heterocycles. The third-order valence-corrected chi connectivity index (χ3v) is 4.36. The molecule has 2 amide bonds. The number of aromatic nitrogens is 2. The van der Waals surface area contributed by atoms with Gasteiger partial charge in [-0.15, -0.1) is 0 Å². The average molecular weight is 447 g/mol. The molecule has 1 aromatic heterocycles. The Hall–Kier alpha value is -1.43. The number of hydrogen-bond acceptors (Lipinski definition) is 5. The number of rotatable bonds is 6. The summed E-state index contributed by atoms with van der Waals surface area (Å²) in [6.07, 6.45) is 3.03. The summed E-state index contributed by atoms with van der Waals surface area (Å²) in [6.45, 7) is 2.37. The summed E-state index contributed by atoms with van der Waals surface area (Å²) in [4.78, 5) is 13.3. The van der Waals surface area contributed by atoms with Crippen molar-refractivity contribution >= 4 is 34.4 Å². The minimum atomic E-state index is -0.700. The number of halogens is 1. The van der Waals surface area contributed by atoms with Crippen molar-refractivity contribution in [2.45, 2.75) is 19.3 Å². The molecule has 9 heteroatoms. The van der Waals surface area contributed by atoms with Crippen LogP contribution >= 0.6 is 22.6 Å². The largest absolute Gasteiger partial charge is 0.381 e. The number of nitrogens with zero attached hydrogens (tertiary/aromatic N) is 3. The van der Waals surface area contributed by atoms with Crippen LogP contribution in [-0.4, -0.2) is 59.4 Å². The van der Waals surface area contributed by atoms with Crippen molar-refractivity contribution in [2.75, 3.05) is 32.6 Å². The van der Waals surface area contributed by atoms with E-state index in [1.807, 2.05) is 31.9 Å². The molecular formula is C15H22IN5O3. The summed E-state index contributed by atoms with van der Waals surface area (Å²) < 4.78 is 8.70. The number of ether oxygens (including phenoxy) is 1. The predicted octanol–water partition coefficient (Wildman–Crippen LogP) is 1.29. The van der Waals surface area contributed by atoms with Gasteiger partial charge in [0.2, 0.25) is 0 Å². The highest BCUT2D eigenvalue weighted by Crippen LogP contribution is 2.21. The van der Waals surface area contributed by atoms with Crippen LogP contribution in [0.4, 0.5) is 10.6 Å². The molecule has 0 spiro atoms. The zero-order valence-corrected chi connectivity index (χ0v) is 15.9. The molecular weight excluding hydrogens is 425 g/mol. The third-order valence-electron chi connectivity index (χ3n) is 3.64. The summed E-state index contributed by atoms with van der Waals surface area (Å²) in [6, 6.07) is 1.52. The number of carbonyl (C=O) groups excluding carboxylic acids is 1. The number of hydrogen-bond donors (Lipinski definition) is 3. The highest BCUT2D eigenvalue weighted by molar-refractivity contribution is 14.1. The SMILES string of the molecule is CNC(=O)Nc1cc2n(n1)CCN(C(O)C(/C=C\COC)=C/I)C2. The molecule has 0 aromatic carbocycles. The summed E-state index contributed by atoms with van der Waals surface area (Å²) in [5.74, 6) is 0.505. The molecule has 2 heterocycles. The second kappa shape index (κ2) is 9.16. The van der Waals surface area contributed by atoms with Crippen LogP contribution in [0.5, 0.6) is 0 Å². The Kier molecular flexibility index (Phi) is 7.21. The quantitative estimate of drug-likeness (QED) is 0.452. The molecule has 8 nitrogen and oxygen atoms in total. The zero-order valence-electron chi connectivity index (χ0n) is 13.7. The Bertz CT molecular complexity index is 629. The minimum absolute atomic E-state index is 0.305. The van der Waals surface area contributed by atoms with Gasteiger partial charge in [-0.05, 0) is 4.08 Å². The Morgan fingerprint density at radius 2 is 2.38 bits per heavy atom. The van der Waals surface area contributed by atoms with Gasteiger partial charge in [-0.3, -0.25) is 14.9 Å². The lowest BCUT2D eigenvalue weighted by molar-refractivity contribution is 0.0148. The number of fused-ring (bicyclic) bond motifs is 1. The number of urea groups is 1. The van der Waals surface area contributed by atoms with E-state index in [1.165, 1.54) is 0 Å². The number of nitrogens with one attached hydrogen (secondary N) is 2. The van der Waals surface area contributed by atoms with Crippen LogP contribution < -0.4 is 10.6 Å². The number of carbonyl (C=O) groups is 1. The first kappa shape index (κ1) is 18.9. The fraction of sp³-hybridized carbons (Fsp3) is 0.467. The highest BCUT2D eigenvalue weighted by atomic mass is 127. The first-order valence-corrected chi connectivity index (χ1v) is 8.77. The van der Waals surface area contributed by atoms with E-state index >= 15 is 0 Å². The van der Waals surface area contributed by atoms with Gasteiger partial charge in [0.05, 0.1) is 18.8 Å². The zero-order chi connectivity index (χ0) is 17.5. The van der Waals surface area contributed by atoms with Gasteiger partial charge < -0.3 is 15.2 Å². The summed E-state index contributed by atoms with van der Waals surface area (Å²) in [7, 11) is 3.18. The molecule has 0 bridgehead atoms. The van der Waals surface area contributed by atoms with Crippen LogP contribution in [0, 0.1) is 0 Å². The van der Waals surface area contributed by atoms with Crippen molar-refractivity contribution in [2.24, 2.45) is 0 Å². The van der Waals surface area contributed by atoms with Crippen molar-refractivity contribution < 1.29 is 14.6 Å². The number of anilines is 1. The standard InChI is InChI=1S/C15H22IN5O3/c1-17-15(23)18-13-8-12-10-20(5-6-21(12)19-13)14(22)11(9-16)4-3-7-24-2/h3-4,8-9,14,22H,5-7,10H2,1-2H3,(H2,17,18,19,23)/b4-3-,11-9+. The molecule has 1 aliphatic rings. The van der Waals surface area contributed by atoms with E-state index in [0.29, 0.717) is 32.1 Å². The topological polar surface area (TPSA) is 91.7 Å². The van der Waals surface area contributed by atoms with Gasteiger partial charge in [-0.1, -0.05) is 34.7 Å². The van der Waals surface area contributed by atoms with Crippen molar-refractivity contribution in [3.63, 3.8) is 0 Å². The van der Waals surface area contributed by atoms with Crippen LogP contribution in [0.3, 0.4) is 0 Å². The maximum absolute atomic E-state index is 11.4. The molecule has 0 fully saturated rings. The van der Waals surface area contributed by atoms with E-state index in [9.17, 15) is 9.90 Å². The van der Waals surface area contributed by atoms with Gasteiger partial charge in [-0.25, -0.2) is 4.79 Å². The molecule has 1 aliphatic heterocycles. The summed E-state index contributed by atoms with van der Waals surface area (Å²) >= 11 is 2.12. The molecule has 1 aromatic rings. The van der Waals surface area contributed by atoms with Crippen molar-refractivity contribution in [3.8, 4) is 0 Å². The number of aliphatic hydroxyl groups is 1. The van der Waals surface area contributed by atoms with Gasteiger partial charge in [0.1, 0.15) is 6.23 Å². The lowest BCUT2D eigenvalue weighted by Gasteiger charge is -2.32. The van der Waals surface area contributed by atoms with E-state index in [2.05, 4.69) is 38.3 Å². The van der Waals surface area contributed by atoms with E-state index < -0.39 is 6.23 Å². The lowest BCUT2D eigenvalue weighted by atomic mass is 10.2. The van der Waals surface area contributed by atoms with Crippen LogP contribution in [0.2, 0.25) is 0 Å². The first-order valence-electron chi connectivity index (χ1n) is 7.52. The minimum Gasteiger partial charge on any atom is -0.381 e. The summed E-state index contributed by atoms with van der Waals surface area (Å²) in [5.41, 5.74) is 1.75. The Balaban J connectivity index is 2.04. The smallest absolute Gasteiger partial charge is 0.320 e. The molecule has 0 radical (unpaired) electrons. The highest BCUT2D eigenvalue weighted by Gasteiger charge is 2.25. The van der Waals surface area contributed by atoms with Crippen LogP contribution in [0.15, 0.2) is 27.9 Å².